The standard InChI is InChI=1S/C7H13N3O3/c1-4(12-2)7-5(9-10-8)3-6(11)13-7/h4-7,11H,3H2,1-2H3. The molecule has 1 rings (SSSR count). The van der Waals surface area contributed by atoms with Crippen molar-refractivity contribution in [2.24, 2.45) is 5.11 Å². The second-order valence-electron chi connectivity index (χ2n) is 3.00. The topological polar surface area (TPSA) is 87.5 Å². The zero-order valence-corrected chi connectivity index (χ0v) is 7.62. The van der Waals surface area contributed by atoms with Gasteiger partial charge in [0.05, 0.1) is 18.2 Å². The maximum Gasteiger partial charge on any atom is 0.155 e. The molecular formula is C7H13N3O3. The van der Waals surface area contributed by atoms with E-state index in [2.05, 4.69) is 10.0 Å². The monoisotopic (exact) mass is 187 g/mol. The molecule has 0 aromatic rings. The highest BCUT2D eigenvalue weighted by atomic mass is 16.6. The molecule has 13 heavy (non-hydrogen) atoms. The lowest BCUT2D eigenvalue weighted by Crippen LogP contribution is -2.32. The quantitative estimate of drug-likeness (QED) is 0.403. The molecule has 0 saturated carbocycles. The molecule has 6 nitrogen and oxygen atoms in total. The van der Waals surface area contributed by atoms with Crippen LogP contribution in [-0.4, -0.2) is 36.8 Å². The minimum Gasteiger partial charge on any atom is -0.379 e. The molecule has 0 radical (unpaired) electrons. The molecule has 1 fully saturated rings. The lowest BCUT2D eigenvalue weighted by Gasteiger charge is -2.20. The smallest absolute Gasteiger partial charge is 0.155 e. The second kappa shape index (κ2) is 4.43. The number of methoxy groups -OCH3 is 1. The number of hydrogen-bond donors (Lipinski definition) is 1. The predicted octanol–water partition coefficient (Wildman–Crippen LogP) is 0.807. The lowest BCUT2D eigenvalue weighted by molar-refractivity contribution is -0.124. The summed E-state index contributed by atoms with van der Waals surface area (Å²) in [4.78, 5) is 2.70. The van der Waals surface area contributed by atoms with Crippen molar-refractivity contribution in [3.05, 3.63) is 10.4 Å². The number of azide groups is 1. The van der Waals surface area contributed by atoms with Crippen LogP contribution in [0.5, 0.6) is 0 Å². The van der Waals surface area contributed by atoms with Crippen molar-refractivity contribution in [1.82, 2.24) is 0 Å². The summed E-state index contributed by atoms with van der Waals surface area (Å²) in [6.07, 6.45) is -1.05. The SMILES string of the molecule is COC(C)C1OC(O)CC1N=[N+]=[N-]. The number of ether oxygens (including phenoxy) is 2. The molecule has 0 amide bonds. The average Bonchev–Trinajstić information content (AvgIpc) is 2.46. The molecule has 1 aliphatic rings. The molecule has 1 aliphatic heterocycles. The van der Waals surface area contributed by atoms with Gasteiger partial charge in [-0.15, -0.1) is 0 Å². The van der Waals surface area contributed by atoms with Gasteiger partial charge in [-0.2, -0.15) is 0 Å². The van der Waals surface area contributed by atoms with Gasteiger partial charge in [0.15, 0.2) is 6.29 Å². The minimum absolute atomic E-state index is 0.187. The van der Waals surface area contributed by atoms with E-state index in [1.165, 1.54) is 0 Å². The molecule has 0 bridgehead atoms. The molecular weight excluding hydrogens is 174 g/mol. The molecule has 4 unspecified atom stereocenters. The van der Waals surface area contributed by atoms with Crippen molar-refractivity contribution in [2.45, 2.75) is 37.9 Å². The van der Waals surface area contributed by atoms with Gasteiger partial charge in [-0.1, -0.05) is 5.11 Å². The molecule has 0 aromatic heterocycles. The van der Waals surface area contributed by atoms with E-state index < -0.39 is 6.29 Å². The van der Waals surface area contributed by atoms with Gasteiger partial charge in [-0.3, -0.25) is 0 Å². The van der Waals surface area contributed by atoms with Gasteiger partial charge < -0.3 is 14.6 Å². The molecule has 0 aliphatic carbocycles. The van der Waals surface area contributed by atoms with E-state index in [0.717, 1.165) is 0 Å². The summed E-state index contributed by atoms with van der Waals surface area (Å²) < 4.78 is 10.2. The van der Waals surface area contributed by atoms with Crippen LogP contribution in [0.2, 0.25) is 0 Å². The van der Waals surface area contributed by atoms with Gasteiger partial charge in [0, 0.05) is 18.4 Å². The molecule has 1 N–H and O–H groups in total. The predicted molar refractivity (Wildman–Crippen MR) is 44.9 cm³/mol. The van der Waals surface area contributed by atoms with Crippen LogP contribution in [0.25, 0.3) is 10.4 Å². The molecule has 0 spiro atoms. The number of rotatable bonds is 3. The first-order valence-electron chi connectivity index (χ1n) is 4.09. The Bertz CT molecular complexity index is 217. The Labute approximate surface area is 76.1 Å². The van der Waals surface area contributed by atoms with Gasteiger partial charge in [-0.25, -0.2) is 0 Å². The van der Waals surface area contributed by atoms with E-state index in [9.17, 15) is 5.11 Å². The third-order valence-corrected chi connectivity index (χ3v) is 2.17. The molecule has 74 valence electrons. The zero-order valence-electron chi connectivity index (χ0n) is 7.62. The Balaban J connectivity index is 2.65. The number of nitrogens with zero attached hydrogens (tertiary/aromatic N) is 3. The van der Waals surface area contributed by atoms with Crippen LogP contribution in [0.4, 0.5) is 0 Å². The van der Waals surface area contributed by atoms with Crippen molar-refractivity contribution in [3.63, 3.8) is 0 Å². The van der Waals surface area contributed by atoms with Crippen LogP contribution in [-0.2, 0) is 9.47 Å². The van der Waals surface area contributed by atoms with Crippen molar-refractivity contribution >= 4 is 0 Å². The van der Waals surface area contributed by atoms with E-state index in [-0.39, 0.29) is 18.2 Å². The molecule has 1 heterocycles. The van der Waals surface area contributed by atoms with Crippen molar-refractivity contribution < 1.29 is 14.6 Å². The third kappa shape index (κ3) is 2.32. The van der Waals surface area contributed by atoms with Crippen LogP contribution in [0.1, 0.15) is 13.3 Å². The summed E-state index contributed by atoms with van der Waals surface area (Å²) in [5, 5.41) is 12.7. The normalized spacial score (nSPS) is 35.5. The summed E-state index contributed by atoms with van der Waals surface area (Å²) in [5.74, 6) is 0. The van der Waals surface area contributed by atoms with E-state index in [0.29, 0.717) is 6.42 Å². The average molecular weight is 187 g/mol. The van der Waals surface area contributed by atoms with Crippen LogP contribution in [0.15, 0.2) is 5.11 Å². The highest BCUT2D eigenvalue weighted by Crippen LogP contribution is 2.25. The van der Waals surface area contributed by atoms with Crippen molar-refractivity contribution in [1.29, 1.82) is 0 Å². The summed E-state index contributed by atoms with van der Waals surface area (Å²) >= 11 is 0. The number of aliphatic hydroxyl groups excluding tert-OH is 1. The van der Waals surface area contributed by atoms with Crippen LogP contribution >= 0.6 is 0 Å². The van der Waals surface area contributed by atoms with E-state index >= 15 is 0 Å². The highest BCUT2D eigenvalue weighted by Gasteiger charge is 2.37. The fourth-order valence-corrected chi connectivity index (χ4v) is 1.41. The van der Waals surface area contributed by atoms with Crippen LogP contribution < -0.4 is 0 Å². The highest BCUT2D eigenvalue weighted by molar-refractivity contribution is 4.88. The summed E-state index contributed by atoms with van der Waals surface area (Å²) in [6, 6.07) is -0.338. The molecule has 6 heteroatoms. The van der Waals surface area contributed by atoms with Crippen molar-refractivity contribution in [2.75, 3.05) is 7.11 Å². The molecule has 1 saturated heterocycles. The Morgan fingerprint density at radius 2 is 2.46 bits per heavy atom. The minimum atomic E-state index is -0.849. The van der Waals surface area contributed by atoms with E-state index in [4.69, 9.17) is 15.0 Å². The number of aliphatic hydroxyl groups is 1. The Morgan fingerprint density at radius 1 is 1.77 bits per heavy atom. The summed E-state index contributed by atoms with van der Waals surface area (Å²) in [5.41, 5.74) is 8.27. The summed E-state index contributed by atoms with van der Waals surface area (Å²) in [6.45, 7) is 1.81. The largest absolute Gasteiger partial charge is 0.379 e. The Kier molecular flexibility index (Phi) is 3.50. The Hall–Kier alpha value is -0.810. The lowest BCUT2D eigenvalue weighted by atomic mass is 10.1. The zero-order chi connectivity index (χ0) is 9.84. The van der Waals surface area contributed by atoms with Gasteiger partial charge in [-0.05, 0) is 12.5 Å². The molecule has 0 aromatic carbocycles. The van der Waals surface area contributed by atoms with Gasteiger partial charge in [0.2, 0.25) is 0 Å². The van der Waals surface area contributed by atoms with Gasteiger partial charge in [0.1, 0.15) is 0 Å². The van der Waals surface area contributed by atoms with E-state index in [1.807, 2.05) is 6.92 Å². The third-order valence-electron chi connectivity index (χ3n) is 2.17. The van der Waals surface area contributed by atoms with Crippen molar-refractivity contribution in [3.8, 4) is 0 Å². The maximum absolute atomic E-state index is 9.18. The van der Waals surface area contributed by atoms with Gasteiger partial charge in [0.25, 0.3) is 0 Å². The van der Waals surface area contributed by atoms with Crippen LogP contribution in [0, 0.1) is 0 Å². The first kappa shape index (κ1) is 10.3. The summed E-state index contributed by atoms with van der Waals surface area (Å²) in [7, 11) is 1.55. The second-order valence-corrected chi connectivity index (χ2v) is 3.00. The first-order valence-corrected chi connectivity index (χ1v) is 4.09. The van der Waals surface area contributed by atoms with E-state index in [1.54, 1.807) is 7.11 Å². The number of hydrogen-bond acceptors (Lipinski definition) is 4. The fourth-order valence-electron chi connectivity index (χ4n) is 1.41. The molecule has 4 atom stereocenters. The fraction of sp³-hybridized carbons (Fsp3) is 1.00. The van der Waals surface area contributed by atoms with Gasteiger partial charge >= 0.3 is 0 Å². The first-order chi connectivity index (χ1) is 6.19. The van der Waals surface area contributed by atoms with Crippen LogP contribution in [0.3, 0.4) is 0 Å². The Morgan fingerprint density at radius 3 is 3.00 bits per heavy atom. The maximum atomic E-state index is 9.18.